The summed E-state index contributed by atoms with van der Waals surface area (Å²) >= 11 is 6.64. The number of carbonyl (C=O) groups excluding carboxylic acids is 1. The van der Waals surface area contributed by atoms with Crippen LogP contribution in [0.5, 0.6) is 5.75 Å². The standard InChI is InChI=1S/C27H25ClN2O2/c1-17(2)23-14-18(3)12-13-25(23)32-16-26(31)30-29-15-24-19-8-4-6-10-21(19)27(28)22-11-7-5-9-20(22)24/h4-15,17H,16H2,1-3H3,(H,30,31)/b29-15+. The van der Waals surface area contributed by atoms with Gasteiger partial charge >= 0.3 is 0 Å². The number of ether oxygens (including phenoxy) is 1. The number of nitrogens with one attached hydrogen (secondary N) is 1. The summed E-state index contributed by atoms with van der Waals surface area (Å²) in [6.45, 7) is 6.14. The summed E-state index contributed by atoms with van der Waals surface area (Å²) in [5.41, 5.74) is 5.73. The lowest BCUT2D eigenvalue weighted by molar-refractivity contribution is -0.123. The van der Waals surface area contributed by atoms with Crippen LogP contribution in [0.25, 0.3) is 21.5 Å². The van der Waals surface area contributed by atoms with E-state index in [0.29, 0.717) is 10.9 Å². The highest BCUT2D eigenvalue weighted by molar-refractivity contribution is 6.42. The van der Waals surface area contributed by atoms with Crippen LogP contribution in [-0.2, 0) is 4.79 Å². The lowest BCUT2D eigenvalue weighted by Crippen LogP contribution is -2.25. The van der Waals surface area contributed by atoms with E-state index in [1.54, 1.807) is 6.21 Å². The van der Waals surface area contributed by atoms with E-state index >= 15 is 0 Å². The Morgan fingerprint density at radius 1 is 1.00 bits per heavy atom. The molecule has 5 heteroatoms. The van der Waals surface area contributed by atoms with Gasteiger partial charge in [-0.05, 0) is 35.2 Å². The van der Waals surface area contributed by atoms with Gasteiger partial charge in [0.25, 0.3) is 5.91 Å². The molecule has 0 aromatic heterocycles. The van der Waals surface area contributed by atoms with Gasteiger partial charge in [0.1, 0.15) is 5.75 Å². The third-order valence-electron chi connectivity index (χ3n) is 5.44. The highest BCUT2D eigenvalue weighted by Crippen LogP contribution is 2.35. The first-order chi connectivity index (χ1) is 15.5. The quantitative estimate of drug-likeness (QED) is 0.207. The summed E-state index contributed by atoms with van der Waals surface area (Å²) in [5.74, 6) is 0.705. The molecule has 0 spiro atoms. The number of fused-ring (bicyclic) bond motifs is 2. The van der Waals surface area contributed by atoms with Crippen molar-refractivity contribution < 1.29 is 9.53 Å². The summed E-state index contributed by atoms with van der Waals surface area (Å²) in [6.07, 6.45) is 1.67. The van der Waals surface area contributed by atoms with E-state index in [1.165, 1.54) is 0 Å². The lowest BCUT2D eigenvalue weighted by atomic mass is 9.97. The molecular formula is C27H25ClN2O2. The smallest absolute Gasteiger partial charge is 0.277 e. The second kappa shape index (κ2) is 9.41. The molecule has 0 saturated heterocycles. The zero-order valence-electron chi connectivity index (χ0n) is 18.4. The number of hydrogen-bond donors (Lipinski definition) is 1. The molecule has 0 saturated carbocycles. The average molecular weight is 445 g/mol. The molecule has 0 aliphatic heterocycles. The third kappa shape index (κ3) is 4.46. The van der Waals surface area contributed by atoms with E-state index in [1.807, 2.05) is 67.6 Å². The van der Waals surface area contributed by atoms with Crippen LogP contribution in [0.1, 0.15) is 36.5 Å². The zero-order valence-corrected chi connectivity index (χ0v) is 19.1. The van der Waals surface area contributed by atoms with Crippen molar-refractivity contribution in [2.75, 3.05) is 6.61 Å². The molecule has 4 rings (SSSR count). The Morgan fingerprint density at radius 3 is 2.19 bits per heavy atom. The Labute approximate surface area is 192 Å². The van der Waals surface area contributed by atoms with Crippen LogP contribution in [0.15, 0.2) is 71.8 Å². The number of nitrogens with zero attached hydrogens (tertiary/aromatic N) is 1. The highest BCUT2D eigenvalue weighted by atomic mass is 35.5. The topological polar surface area (TPSA) is 50.7 Å². The number of halogens is 1. The summed E-state index contributed by atoms with van der Waals surface area (Å²) in [6, 6.07) is 21.8. The van der Waals surface area contributed by atoms with Crippen LogP contribution < -0.4 is 10.2 Å². The van der Waals surface area contributed by atoms with Crippen LogP contribution in [0.4, 0.5) is 0 Å². The first-order valence-corrected chi connectivity index (χ1v) is 11.0. The molecule has 0 fully saturated rings. The predicted octanol–water partition coefficient (Wildman–Crippen LogP) is 6.61. The molecule has 0 unspecified atom stereocenters. The van der Waals surface area contributed by atoms with Gasteiger partial charge in [-0.1, -0.05) is 91.7 Å². The molecule has 0 heterocycles. The van der Waals surface area contributed by atoms with Crippen LogP contribution in [0, 0.1) is 6.92 Å². The Morgan fingerprint density at radius 2 is 1.59 bits per heavy atom. The van der Waals surface area contributed by atoms with E-state index in [2.05, 4.69) is 30.4 Å². The molecule has 4 aromatic rings. The fourth-order valence-electron chi connectivity index (χ4n) is 3.84. The van der Waals surface area contributed by atoms with Gasteiger partial charge in [0.15, 0.2) is 6.61 Å². The van der Waals surface area contributed by atoms with Crippen LogP contribution in [0.2, 0.25) is 5.02 Å². The monoisotopic (exact) mass is 444 g/mol. The number of hydrogen-bond acceptors (Lipinski definition) is 3. The van der Waals surface area contributed by atoms with Gasteiger partial charge in [0.2, 0.25) is 0 Å². The van der Waals surface area contributed by atoms with Gasteiger partial charge in [-0.2, -0.15) is 5.10 Å². The second-order valence-electron chi connectivity index (χ2n) is 8.10. The minimum absolute atomic E-state index is 0.109. The number of hydrazone groups is 1. The number of rotatable bonds is 6. The molecule has 162 valence electrons. The van der Waals surface area contributed by atoms with Gasteiger partial charge in [-0.3, -0.25) is 4.79 Å². The molecule has 0 bridgehead atoms. The Kier molecular flexibility index (Phi) is 6.42. The van der Waals surface area contributed by atoms with Crippen molar-refractivity contribution in [3.63, 3.8) is 0 Å². The van der Waals surface area contributed by atoms with Crippen molar-refractivity contribution in [2.45, 2.75) is 26.7 Å². The maximum Gasteiger partial charge on any atom is 0.277 e. The van der Waals surface area contributed by atoms with E-state index in [-0.39, 0.29) is 12.5 Å². The Bertz CT molecular complexity index is 1270. The van der Waals surface area contributed by atoms with E-state index < -0.39 is 0 Å². The molecule has 32 heavy (non-hydrogen) atoms. The van der Waals surface area contributed by atoms with Gasteiger partial charge in [0.05, 0.1) is 11.2 Å². The maximum atomic E-state index is 12.4. The minimum Gasteiger partial charge on any atom is -0.483 e. The molecule has 1 amide bonds. The van der Waals surface area contributed by atoms with Gasteiger partial charge < -0.3 is 4.74 Å². The van der Waals surface area contributed by atoms with Crippen molar-refractivity contribution >= 4 is 45.3 Å². The maximum absolute atomic E-state index is 12.4. The average Bonchev–Trinajstić information content (AvgIpc) is 2.80. The summed E-state index contributed by atoms with van der Waals surface area (Å²) < 4.78 is 5.77. The van der Waals surface area contributed by atoms with Crippen molar-refractivity contribution in [3.05, 3.63) is 88.4 Å². The molecule has 4 aromatic carbocycles. The lowest BCUT2D eigenvalue weighted by Gasteiger charge is -2.14. The number of amides is 1. The van der Waals surface area contributed by atoms with Gasteiger partial charge in [-0.25, -0.2) is 5.43 Å². The fourth-order valence-corrected chi connectivity index (χ4v) is 4.17. The molecule has 0 aliphatic carbocycles. The van der Waals surface area contributed by atoms with Crippen LogP contribution in [-0.4, -0.2) is 18.7 Å². The second-order valence-corrected chi connectivity index (χ2v) is 8.47. The van der Waals surface area contributed by atoms with E-state index in [4.69, 9.17) is 16.3 Å². The molecule has 0 radical (unpaired) electrons. The number of carbonyl (C=O) groups is 1. The van der Waals surface area contributed by atoms with Crippen molar-refractivity contribution in [3.8, 4) is 5.75 Å². The minimum atomic E-state index is -0.320. The van der Waals surface area contributed by atoms with Crippen molar-refractivity contribution in [1.82, 2.24) is 5.43 Å². The predicted molar refractivity (Wildman–Crippen MR) is 133 cm³/mol. The highest BCUT2D eigenvalue weighted by Gasteiger charge is 2.12. The van der Waals surface area contributed by atoms with E-state index in [0.717, 1.165) is 44.0 Å². The number of benzene rings is 4. The van der Waals surface area contributed by atoms with Crippen LogP contribution in [0.3, 0.4) is 0 Å². The summed E-state index contributed by atoms with van der Waals surface area (Å²) in [5, 5.41) is 8.77. The Hall–Kier alpha value is -3.37. The fraction of sp³-hybridized carbons (Fsp3) is 0.185. The first-order valence-electron chi connectivity index (χ1n) is 10.6. The molecule has 0 atom stereocenters. The van der Waals surface area contributed by atoms with Gasteiger partial charge in [-0.15, -0.1) is 0 Å². The molecule has 0 aliphatic rings. The summed E-state index contributed by atoms with van der Waals surface area (Å²) in [7, 11) is 0. The van der Waals surface area contributed by atoms with E-state index in [9.17, 15) is 4.79 Å². The largest absolute Gasteiger partial charge is 0.483 e. The van der Waals surface area contributed by atoms with Gasteiger partial charge in [0, 0.05) is 16.3 Å². The Balaban J connectivity index is 1.53. The molecule has 1 N–H and O–H groups in total. The summed E-state index contributed by atoms with van der Waals surface area (Å²) in [4.78, 5) is 12.4. The molecule has 4 nitrogen and oxygen atoms in total. The first kappa shape index (κ1) is 21.8. The SMILES string of the molecule is Cc1ccc(OCC(=O)N/N=C/c2c3ccccc3c(Cl)c3ccccc23)c(C(C)C)c1. The normalized spacial score (nSPS) is 11.5. The van der Waals surface area contributed by atoms with Crippen molar-refractivity contribution in [1.29, 1.82) is 0 Å². The third-order valence-corrected chi connectivity index (χ3v) is 5.84. The number of aryl methyl sites for hydroxylation is 1. The zero-order chi connectivity index (χ0) is 22.7. The van der Waals surface area contributed by atoms with Crippen LogP contribution >= 0.6 is 11.6 Å². The molecular weight excluding hydrogens is 420 g/mol. The van der Waals surface area contributed by atoms with Crippen molar-refractivity contribution in [2.24, 2.45) is 5.10 Å².